The highest BCUT2D eigenvalue weighted by Gasteiger charge is 2.26. The molecule has 0 saturated heterocycles. The number of Topliss-reactive ketones (excluding diaryl/α,β-unsaturated/α-hetero) is 1. The Balaban J connectivity index is 2.09. The zero-order valence-electron chi connectivity index (χ0n) is 12.4. The number of alkyl halides is 1. The molecule has 0 aliphatic heterocycles. The van der Waals surface area contributed by atoms with Crippen molar-refractivity contribution in [3.8, 4) is 5.75 Å². The third kappa shape index (κ3) is 3.25. The van der Waals surface area contributed by atoms with E-state index < -0.39 is 0 Å². The number of hydrogen-bond acceptors (Lipinski definition) is 2. The standard InChI is InChI=1S/C17H23BrO2/c1-3-17(4-2,11-18)12-20-14-8-9-15-13(10-14)6-5-7-16(15)19/h8-10H,3-7,11-12H2,1-2H3. The van der Waals surface area contributed by atoms with E-state index in [9.17, 15) is 4.79 Å². The second-order valence-corrected chi connectivity index (χ2v) is 6.29. The van der Waals surface area contributed by atoms with Crippen molar-refractivity contribution in [2.75, 3.05) is 11.9 Å². The lowest BCUT2D eigenvalue weighted by atomic mass is 9.86. The lowest BCUT2D eigenvalue weighted by molar-refractivity contribution is 0.0972. The molecule has 3 heteroatoms. The molecule has 0 heterocycles. The summed E-state index contributed by atoms with van der Waals surface area (Å²) in [6, 6.07) is 5.92. The van der Waals surface area contributed by atoms with Gasteiger partial charge in [-0.2, -0.15) is 0 Å². The van der Waals surface area contributed by atoms with Crippen molar-refractivity contribution in [3.63, 3.8) is 0 Å². The number of ether oxygens (including phenoxy) is 1. The van der Waals surface area contributed by atoms with Gasteiger partial charge in [0.1, 0.15) is 5.75 Å². The second-order valence-electron chi connectivity index (χ2n) is 5.73. The lowest BCUT2D eigenvalue weighted by Crippen LogP contribution is -2.29. The van der Waals surface area contributed by atoms with Gasteiger partial charge in [0.25, 0.3) is 0 Å². The third-order valence-corrected chi connectivity index (χ3v) is 5.75. The minimum Gasteiger partial charge on any atom is -0.493 e. The van der Waals surface area contributed by atoms with Gasteiger partial charge in [-0.25, -0.2) is 0 Å². The summed E-state index contributed by atoms with van der Waals surface area (Å²) in [5, 5.41) is 0.955. The molecule has 0 bridgehead atoms. The summed E-state index contributed by atoms with van der Waals surface area (Å²) >= 11 is 3.61. The molecule has 2 nitrogen and oxygen atoms in total. The number of carbonyl (C=O) groups excluding carboxylic acids is 1. The summed E-state index contributed by atoms with van der Waals surface area (Å²) in [5.74, 6) is 1.17. The first-order valence-electron chi connectivity index (χ1n) is 7.49. The zero-order valence-corrected chi connectivity index (χ0v) is 14.0. The highest BCUT2D eigenvalue weighted by Crippen LogP contribution is 2.31. The van der Waals surface area contributed by atoms with Crippen LogP contribution in [0.2, 0.25) is 0 Å². The summed E-state index contributed by atoms with van der Waals surface area (Å²) in [7, 11) is 0. The van der Waals surface area contributed by atoms with Crippen molar-refractivity contribution in [2.45, 2.75) is 46.0 Å². The Morgan fingerprint density at radius 1 is 1.25 bits per heavy atom. The van der Waals surface area contributed by atoms with Crippen LogP contribution in [0.15, 0.2) is 18.2 Å². The number of halogens is 1. The molecular weight excluding hydrogens is 316 g/mol. The quantitative estimate of drug-likeness (QED) is 0.697. The predicted molar refractivity (Wildman–Crippen MR) is 86.0 cm³/mol. The average molecular weight is 339 g/mol. The lowest BCUT2D eigenvalue weighted by Gasteiger charge is -2.29. The van der Waals surface area contributed by atoms with E-state index in [2.05, 4.69) is 35.8 Å². The molecular formula is C17H23BrO2. The van der Waals surface area contributed by atoms with Crippen molar-refractivity contribution in [1.29, 1.82) is 0 Å². The molecule has 1 aliphatic carbocycles. The number of hydrogen-bond donors (Lipinski definition) is 0. The number of aryl methyl sites for hydroxylation is 1. The third-order valence-electron chi connectivity index (χ3n) is 4.56. The Kier molecular flexibility index (Phi) is 5.25. The molecule has 1 aromatic rings. The van der Waals surface area contributed by atoms with Gasteiger partial charge in [-0.3, -0.25) is 4.79 Å². The molecule has 1 aliphatic rings. The van der Waals surface area contributed by atoms with Gasteiger partial charge in [-0.1, -0.05) is 29.8 Å². The Morgan fingerprint density at radius 3 is 2.65 bits per heavy atom. The van der Waals surface area contributed by atoms with Gasteiger partial charge in [0, 0.05) is 22.7 Å². The molecule has 0 spiro atoms. The topological polar surface area (TPSA) is 26.3 Å². The molecule has 0 atom stereocenters. The van der Waals surface area contributed by atoms with E-state index in [1.54, 1.807) is 0 Å². The smallest absolute Gasteiger partial charge is 0.163 e. The number of rotatable bonds is 6. The van der Waals surface area contributed by atoms with Crippen LogP contribution in [0, 0.1) is 5.41 Å². The molecule has 2 rings (SSSR count). The molecule has 0 aromatic heterocycles. The Morgan fingerprint density at radius 2 is 2.00 bits per heavy atom. The van der Waals surface area contributed by atoms with Gasteiger partial charge in [0.2, 0.25) is 0 Å². The Labute approximate surface area is 130 Å². The summed E-state index contributed by atoms with van der Waals surface area (Å²) in [4.78, 5) is 11.8. The maximum atomic E-state index is 11.8. The van der Waals surface area contributed by atoms with Gasteiger partial charge in [0.05, 0.1) is 6.61 Å². The number of fused-ring (bicyclic) bond motifs is 1. The molecule has 0 unspecified atom stereocenters. The minimum atomic E-state index is 0.200. The first kappa shape index (κ1) is 15.6. The highest BCUT2D eigenvalue weighted by molar-refractivity contribution is 9.09. The molecule has 0 amide bonds. The Hall–Kier alpha value is -0.830. The van der Waals surface area contributed by atoms with E-state index in [0.717, 1.165) is 54.5 Å². The number of carbonyl (C=O) groups is 1. The van der Waals surface area contributed by atoms with Gasteiger partial charge < -0.3 is 4.74 Å². The average Bonchev–Trinajstić information content (AvgIpc) is 2.49. The second kappa shape index (κ2) is 6.75. The van der Waals surface area contributed by atoms with E-state index in [0.29, 0.717) is 6.42 Å². The monoisotopic (exact) mass is 338 g/mol. The van der Waals surface area contributed by atoms with Gasteiger partial charge >= 0.3 is 0 Å². The summed E-state index contributed by atoms with van der Waals surface area (Å²) < 4.78 is 6.00. The molecule has 0 radical (unpaired) electrons. The molecule has 0 N–H and O–H groups in total. The predicted octanol–water partition coefficient (Wildman–Crippen LogP) is 4.79. The van der Waals surface area contributed by atoms with Crippen molar-refractivity contribution >= 4 is 21.7 Å². The minimum absolute atomic E-state index is 0.200. The van der Waals surface area contributed by atoms with Crippen molar-refractivity contribution in [1.82, 2.24) is 0 Å². The van der Waals surface area contributed by atoms with Crippen LogP contribution >= 0.6 is 15.9 Å². The van der Waals surface area contributed by atoms with Gasteiger partial charge in [0.15, 0.2) is 5.78 Å². The molecule has 1 aromatic carbocycles. The van der Waals surface area contributed by atoms with Crippen LogP contribution in [0.25, 0.3) is 0 Å². The van der Waals surface area contributed by atoms with Crippen LogP contribution in [0.5, 0.6) is 5.75 Å². The van der Waals surface area contributed by atoms with Crippen LogP contribution in [0.3, 0.4) is 0 Å². The first-order chi connectivity index (χ1) is 9.64. The molecule has 0 saturated carbocycles. The van der Waals surface area contributed by atoms with E-state index in [-0.39, 0.29) is 11.2 Å². The van der Waals surface area contributed by atoms with Crippen LogP contribution < -0.4 is 4.74 Å². The van der Waals surface area contributed by atoms with Crippen molar-refractivity contribution < 1.29 is 9.53 Å². The number of benzene rings is 1. The van der Waals surface area contributed by atoms with E-state index in [4.69, 9.17) is 4.74 Å². The summed E-state index contributed by atoms with van der Waals surface area (Å²) in [5.41, 5.74) is 2.24. The fourth-order valence-corrected chi connectivity index (χ4v) is 3.59. The van der Waals surface area contributed by atoms with Gasteiger partial charge in [-0.05, 0) is 49.4 Å². The largest absolute Gasteiger partial charge is 0.493 e. The SMILES string of the molecule is CCC(CC)(CBr)COc1ccc2c(c1)CCCC2=O. The van der Waals surface area contributed by atoms with E-state index in [1.165, 1.54) is 0 Å². The van der Waals surface area contributed by atoms with Gasteiger partial charge in [-0.15, -0.1) is 0 Å². The van der Waals surface area contributed by atoms with Crippen LogP contribution in [-0.4, -0.2) is 17.7 Å². The van der Waals surface area contributed by atoms with Crippen LogP contribution in [-0.2, 0) is 6.42 Å². The van der Waals surface area contributed by atoms with Crippen molar-refractivity contribution in [2.24, 2.45) is 5.41 Å². The summed E-state index contributed by atoms with van der Waals surface area (Å²) in [6.07, 6.45) is 4.83. The van der Waals surface area contributed by atoms with Crippen molar-refractivity contribution in [3.05, 3.63) is 29.3 Å². The number of ketones is 1. The maximum Gasteiger partial charge on any atom is 0.163 e. The van der Waals surface area contributed by atoms with Crippen LogP contribution in [0.4, 0.5) is 0 Å². The summed E-state index contributed by atoms with van der Waals surface area (Å²) in [6.45, 7) is 5.14. The van der Waals surface area contributed by atoms with Crippen LogP contribution in [0.1, 0.15) is 55.5 Å². The first-order valence-corrected chi connectivity index (χ1v) is 8.61. The van der Waals surface area contributed by atoms with E-state index >= 15 is 0 Å². The zero-order chi connectivity index (χ0) is 14.6. The molecule has 20 heavy (non-hydrogen) atoms. The normalized spacial score (nSPS) is 15.1. The fourth-order valence-electron chi connectivity index (χ4n) is 2.63. The fraction of sp³-hybridized carbons (Fsp3) is 0.588. The van der Waals surface area contributed by atoms with E-state index in [1.807, 2.05) is 12.1 Å². The Bertz CT molecular complexity index is 470. The molecule has 110 valence electrons. The molecule has 0 fully saturated rings. The highest BCUT2D eigenvalue weighted by atomic mass is 79.9. The maximum absolute atomic E-state index is 11.8.